The lowest BCUT2D eigenvalue weighted by molar-refractivity contribution is 0.281. The second-order valence-electron chi connectivity index (χ2n) is 3.74. The number of methoxy groups -OCH3 is 1. The van der Waals surface area contributed by atoms with Crippen LogP contribution in [-0.4, -0.2) is 28.4 Å². The Labute approximate surface area is 116 Å². The van der Waals surface area contributed by atoms with Crippen molar-refractivity contribution >= 4 is 23.3 Å². The number of ether oxygens (including phenoxy) is 1. The predicted molar refractivity (Wildman–Crippen MR) is 76.0 cm³/mol. The highest BCUT2D eigenvalue weighted by atomic mass is 32.2. The molecule has 2 rings (SSSR count). The number of aliphatic hydroxyl groups excluding tert-OH is 1. The fraction of sp³-hybridized carbons (Fsp3) is 0.231. The zero-order valence-corrected chi connectivity index (χ0v) is 11.6. The van der Waals surface area contributed by atoms with Crippen molar-refractivity contribution in [3.63, 3.8) is 0 Å². The van der Waals surface area contributed by atoms with Crippen molar-refractivity contribution in [1.29, 1.82) is 0 Å². The van der Waals surface area contributed by atoms with Crippen LogP contribution in [0.15, 0.2) is 35.6 Å². The van der Waals surface area contributed by atoms with Gasteiger partial charge < -0.3 is 15.2 Å². The van der Waals surface area contributed by atoms with Crippen LogP contribution in [0.4, 0.5) is 11.5 Å². The molecule has 0 radical (unpaired) electrons. The van der Waals surface area contributed by atoms with Gasteiger partial charge in [0.1, 0.15) is 11.6 Å². The minimum Gasteiger partial charge on any atom is -0.497 e. The number of thioether (sulfide) groups is 1. The van der Waals surface area contributed by atoms with E-state index in [1.165, 1.54) is 11.8 Å². The number of hydrogen-bond donors (Lipinski definition) is 2. The molecule has 6 heteroatoms. The lowest BCUT2D eigenvalue weighted by Gasteiger charge is -2.10. The Kier molecular flexibility index (Phi) is 4.59. The number of benzene rings is 1. The molecular formula is C13H15N3O2S. The minimum atomic E-state index is -0.104. The molecule has 0 saturated carbocycles. The summed E-state index contributed by atoms with van der Waals surface area (Å²) in [6, 6.07) is 7.50. The van der Waals surface area contributed by atoms with Crippen LogP contribution in [-0.2, 0) is 6.61 Å². The molecular weight excluding hydrogens is 262 g/mol. The Bertz CT molecular complexity index is 546. The number of aliphatic hydroxyl groups is 1. The molecule has 1 heterocycles. The number of rotatable bonds is 5. The molecule has 0 amide bonds. The molecule has 0 saturated heterocycles. The summed E-state index contributed by atoms with van der Waals surface area (Å²) >= 11 is 1.45. The zero-order chi connectivity index (χ0) is 13.7. The third-order valence-corrected chi connectivity index (χ3v) is 3.11. The lowest BCUT2D eigenvalue weighted by atomic mass is 10.2. The van der Waals surface area contributed by atoms with E-state index in [-0.39, 0.29) is 6.61 Å². The molecule has 2 aromatic rings. The molecule has 0 aliphatic rings. The number of aromatic nitrogens is 2. The van der Waals surface area contributed by atoms with Crippen LogP contribution >= 0.6 is 11.8 Å². The average molecular weight is 277 g/mol. The molecule has 2 N–H and O–H groups in total. The number of nitrogens with one attached hydrogen (secondary N) is 1. The second kappa shape index (κ2) is 6.40. The van der Waals surface area contributed by atoms with Gasteiger partial charge in [-0.3, -0.25) is 0 Å². The molecule has 1 aromatic heterocycles. The van der Waals surface area contributed by atoms with Crippen molar-refractivity contribution in [3.05, 3.63) is 36.0 Å². The Morgan fingerprint density at radius 2 is 2.05 bits per heavy atom. The number of anilines is 2. The van der Waals surface area contributed by atoms with Crippen LogP contribution in [0.2, 0.25) is 0 Å². The third-order valence-electron chi connectivity index (χ3n) is 2.55. The van der Waals surface area contributed by atoms with Gasteiger partial charge in [0, 0.05) is 17.4 Å². The van der Waals surface area contributed by atoms with Gasteiger partial charge in [-0.15, -0.1) is 0 Å². The van der Waals surface area contributed by atoms with Crippen molar-refractivity contribution in [3.8, 4) is 5.75 Å². The summed E-state index contributed by atoms with van der Waals surface area (Å²) in [4.78, 5) is 8.48. The Morgan fingerprint density at radius 1 is 1.32 bits per heavy atom. The second-order valence-corrected chi connectivity index (χ2v) is 4.52. The quantitative estimate of drug-likeness (QED) is 0.646. The normalized spacial score (nSPS) is 10.3. The summed E-state index contributed by atoms with van der Waals surface area (Å²) in [6.07, 6.45) is 3.54. The van der Waals surface area contributed by atoms with E-state index in [4.69, 9.17) is 4.74 Å². The van der Waals surface area contributed by atoms with Crippen molar-refractivity contribution in [2.45, 2.75) is 11.8 Å². The van der Waals surface area contributed by atoms with E-state index >= 15 is 0 Å². The topological polar surface area (TPSA) is 67.3 Å². The average Bonchev–Trinajstić information content (AvgIpc) is 2.48. The van der Waals surface area contributed by atoms with E-state index in [1.807, 2.05) is 30.5 Å². The van der Waals surface area contributed by atoms with E-state index in [1.54, 1.807) is 13.3 Å². The highest BCUT2D eigenvalue weighted by molar-refractivity contribution is 7.98. The van der Waals surface area contributed by atoms with Crippen LogP contribution in [0.5, 0.6) is 5.75 Å². The summed E-state index contributed by atoms with van der Waals surface area (Å²) < 4.78 is 5.10. The number of hydrogen-bond acceptors (Lipinski definition) is 6. The van der Waals surface area contributed by atoms with Gasteiger partial charge in [0.2, 0.25) is 0 Å². The van der Waals surface area contributed by atoms with Crippen LogP contribution in [0.25, 0.3) is 0 Å². The zero-order valence-electron chi connectivity index (χ0n) is 10.8. The fourth-order valence-corrected chi connectivity index (χ4v) is 1.86. The highest BCUT2D eigenvalue weighted by Gasteiger charge is 2.06. The Balaban J connectivity index is 2.25. The predicted octanol–water partition coefficient (Wildman–Crippen LogP) is 2.44. The molecule has 0 spiro atoms. The summed E-state index contributed by atoms with van der Waals surface area (Å²) in [6.45, 7) is -0.104. The summed E-state index contributed by atoms with van der Waals surface area (Å²) in [5, 5.41) is 13.1. The first kappa shape index (κ1) is 13.6. The third kappa shape index (κ3) is 3.36. The smallest absolute Gasteiger partial charge is 0.189 e. The molecule has 100 valence electrons. The summed E-state index contributed by atoms with van der Waals surface area (Å²) in [5.41, 5.74) is 1.54. The molecule has 0 aliphatic carbocycles. The Hall–Kier alpha value is -1.79. The first-order valence-corrected chi connectivity index (χ1v) is 6.91. The molecule has 0 unspecified atom stereocenters. The molecule has 19 heavy (non-hydrogen) atoms. The fourth-order valence-electron chi connectivity index (χ4n) is 1.52. The molecule has 0 aliphatic heterocycles. The van der Waals surface area contributed by atoms with Gasteiger partial charge in [-0.1, -0.05) is 11.8 Å². The van der Waals surface area contributed by atoms with Gasteiger partial charge in [-0.05, 0) is 30.5 Å². The summed E-state index contributed by atoms with van der Waals surface area (Å²) in [7, 11) is 1.63. The molecule has 0 fully saturated rings. The molecule has 5 nitrogen and oxygen atoms in total. The van der Waals surface area contributed by atoms with Crippen molar-refractivity contribution in [2.75, 3.05) is 18.7 Å². The van der Waals surface area contributed by atoms with Gasteiger partial charge in [-0.2, -0.15) is 0 Å². The van der Waals surface area contributed by atoms with Gasteiger partial charge in [0.05, 0.1) is 13.7 Å². The van der Waals surface area contributed by atoms with Gasteiger partial charge in [-0.25, -0.2) is 9.97 Å². The van der Waals surface area contributed by atoms with Gasteiger partial charge in [0.15, 0.2) is 5.16 Å². The van der Waals surface area contributed by atoms with Crippen LogP contribution in [0.1, 0.15) is 5.56 Å². The molecule has 0 atom stereocenters. The van der Waals surface area contributed by atoms with Crippen molar-refractivity contribution in [2.24, 2.45) is 0 Å². The maximum atomic E-state index is 9.30. The van der Waals surface area contributed by atoms with Crippen LogP contribution < -0.4 is 10.1 Å². The van der Waals surface area contributed by atoms with E-state index in [0.29, 0.717) is 16.5 Å². The minimum absolute atomic E-state index is 0.104. The largest absolute Gasteiger partial charge is 0.497 e. The first-order chi connectivity index (χ1) is 9.26. The standard InChI is InChI=1S/C13H15N3O2S/c1-18-11-5-3-10(4-6-11)15-12-9(8-17)7-14-13(16-12)19-2/h3-7,17H,8H2,1-2H3,(H,14,15,16). The van der Waals surface area contributed by atoms with Crippen LogP contribution in [0, 0.1) is 0 Å². The van der Waals surface area contributed by atoms with Gasteiger partial charge in [0.25, 0.3) is 0 Å². The van der Waals surface area contributed by atoms with E-state index < -0.39 is 0 Å². The van der Waals surface area contributed by atoms with Crippen LogP contribution in [0.3, 0.4) is 0 Å². The van der Waals surface area contributed by atoms with E-state index in [0.717, 1.165) is 11.4 Å². The monoisotopic (exact) mass is 277 g/mol. The SMILES string of the molecule is COc1ccc(Nc2nc(SC)ncc2CO)cc1. The van der Waals surface area contributed by atoms with E-state index in [2.05, 4.69) is 15.3 Å². The molecule has 0 bridgehead atoms. The van der Waals surface area contributed by atoms with E-state index in [9.17, 15) is 5.11 Å². The van der Waals surface area contributed by atoms with Crippen molar-refractivity contribution < 1.29 is 9.84 Å². The first-order valence-electron chi connectivity index (χ1n) is 5.68. The lowest BCUT2D eigenvalue weighted by Crippen LogP contribution is -2.01. The Morgan fingerprint density at radius 3 is 2.63 bits per heavy atom. The number of nitrogens with zero attached hydrogens (tertiary/aromatic N) is 2. The maximum absolute atomic E-state index is 9.30. The maximum Gasteiger partial charge on any atom is 0.189 e. The molecule has 1 aromatic carbocycles. The van der Waals surface area contributed by atoms with Crippen molar-refractivity contribution in [1.82, 2.24) is 9.97 Å². The highest BCUT2D eigenvalue weighted by Crippen LogP contribution is 2.22. The summed E-state index contributed by atoms with van der Waals surface area (Å²) in [5.74, 6) is 1.41. The van der Waals surface area contributed by atoms with Gasteiger partial charge >= 0.3 is 0 Å².